The number of rotatable bonds is 5. The molecule has 1 N–H and O–H groups in total. The third kappa shape index (κ3) is 3.00. The number of fused-ring (bicyclic) bond motifs is 5. The van der Waals surface area contributed by atoms with E-state index in [0.29, 0.717) is 5.69 Å². The number of para-hydroxylation sites is 1. The number of benzene rings is 1. The standard InChI is InChI=1S/C21H22N2O5/c1-11(2)28-21(27)14-5-3-4-6-15(14)22-16(24)10-23-19(25)17-12-7-8-13(9-12)18(17)20(23)26/h3-8,11-13,17-18H,9-10H2,1-2H3,(H,22,24)/t12-,13-,17-,18+/m0/s1. The summed E-state index contributed by atoms with van der Waals surface area (Å²) in [6.45, 7) is 3.13. The van der Waals surface area contributed by atoms with Crippen LogP contribution in [0.5, 0.6) is 0 Å². The molecule has 2 aliphatic carbocycles. The van der Waals surface area contributed by atoms with Crippen LogP contribution in [0.3, 0.4) is 0 Å². The normalized spacial score (nSPS) is 27.5. The third-order valence-electron chi connectivity index (χ3n) is 5.63. The second kappa shape index (κ2) is 6.89. The molecule has 7 nitrogen and oxygen atoms in total. The highest BCUT2D eigenvalue weighted by atomic mass is 16.5. The van der Waals surface area contributed by atoms with Crippen LogP contribution in [0.4, 0.5) is 5.69 Å². The van der Waals surface area contributed by atoms with E-state index in [2.05, 4.69) is 5.32 Å². The van der Waals surface area contributed by atoms with Gasteiger partial charge in [-0.05, 0) is 44.2 Å². The fourth-order valence-corrected chi connectivity index (χ4v) is 4.50. The Kier molecular flexibility index (Phi) is 4.53. The molecule has 2 fully saturated rings. The zero-order chi connectivity index (χ0) is 20.0. The van der Waals surface area contributed by atoms with Crippen molar-refractivity contribution in [3.05, 3.63) is 42.0 Å². The number of hydrogen-bond acceptors (Lipinski definition) is 5. The SMILES string of the molecule is CC(C)OC(=O)c1ccccc1NC(=O)CN1C(=O)[C@@H]2[C@H](C1=O)[C@H]1C=C[C@H]2C1. The molecule has 0 radical (unpaired) electrons. The monoisotopic (exact) mass is 382 g/mol. The van der Waals surface area contributed by atoms with Crippen LogP contribution in [0, 0.1) is 23.7 Å². The predicted molar refractivity (Wildman–Crippen MR) is 100 cm³/mol. The summed E-state index contributed by atoms with van der Waals surface area (Å²) in [5.74, 6) is -2.06. The molecule has 0 unspecified atom stereocenters. The van der Waals surface area contributed by atoms with Crippen LogP contribution < -0.4 is 5.32 Å². The van der Waals surface area contributed by atoms with Crippen molar-refractivity contribution in [1.82, 2.24) is 4.90 Å². The number of likely N-dealkylation sites (tertiary alicyclic amines) is 1. The lowest BCUT2D eigenvalue weighted by molar-refractivity contribution is -0.143. The first-order valence-corrected chi connectivity index (χ1v) is 9.50. The molecule has 0 aromatic heterocycles. The van der Waals surface area contributed by atoms with Crippen LogP contribution in [0.2, 0.25) is 0 Å². The lowest BCUT2D eigenvalue weighted by atomic mass is 9.85. The number of carbonyl (C=O) groups is 4. The molecule has 1 aliphatic heterocycles. The van der Waals surface area contributed by atoms with E-state index in [9.17, 15) is 19.2 Å². The van der Waals surface area contributed by atoms with Gasteiger partial charge in [0.1, 0.15) is 6.54 Å². The van der Waals surface area contributed by atoms with Gasteiger partial charge in [0, 0.05) is 0 Å². The maximum Gasteiger partial charge on any atom is 0.340 e. The van der Waals surface area contributed by atoms with E-state index in [1.54, 1.807) is 38.1 Å². The van der Waals surface area contributed by atoms with E-state index in [1.807, 2.05) is 12.2 Å². The van der Waals surface area contributed by atoms with Gasteiger partial charge in [0.15, 0.2) is 0 Å². The van der Waals surface area contributed by atoms with Crippen molar-refractivity contribution in [2.24, 2.45) is 23.7 Å². The number of imide groups is 1. The Bertz CT molecular complexity index is 861. The van der Waals surface area contributed by atoms with Crippen LogP contribution in [-0.4, -0.2) is 41.2 Å². The Balaban J connectivity index is 1.45. The maximum absolute atomic E-state index is 12.7. The first-order chi connectivity index (χ1) is 13.4. The van der Waals surface area contributed by atoms with E-state index < -0.39 is 11.9 Å². The smallest absolute Gasteiger partial charge is 0.340 e. The van der Waals surface area contributed by atoms with Crippen LogP contribution >= 0.6 is 0 Å². The number of nitrogens with zero attached hydrogens (tertiary/aromatic N) is 1. The molecule has 4 atom stereocenters. The Morgan fingerprint density at radius 3 is 2.32 bits per heavy atom. The Morgan fingerprint density at radius 1 is 1.11 bits per heavy atom. The summed E-state index contributed by atoms with van der Waals surface area (Å²) < 4.78 is 5.19. The van der Waals surface area contributed by atoms with Crippen molar-refractivity contribution in [1.29, 1.82) is 0 Å². The molecule has 3 amide bonds. The van der Waals surface area contributed by atoms with Crippen LogP contribution in [0.25, 0.3) is 0 Å². The van der Waals surface area contributed by atoms with Gasteiger partial charge in [0.05, 0.1) is 29.2 Å². The van der Waals surface area contributed by atoms with E-state index in [0.717, 1.165) is 11.3 Å². The highest BCUT2D eigenvalue weighted by molar-refractivity contribution is 6.10. The molecule has 1 saturated heterocycles. The zero-order valence-corrected chi connectivity index (χ0v) is 15.8. The number of amides is 3. The highest BCUT2D eigenvalue weighted by Gasteiger charge is 2.59. The molecule has 3 aliphatic rings. The molecule has 146 valence electrons. The molecule has 7 heteroatoms. The third-order valence-corrected chi connectivity index (χ3v) is 5.63. The van der Waals surface area contributed by atoms with Crippen molar-refractivity contribution in [3.63, 3.8) is 0 Å². The molecule has 1 saturated carbocycles. The summed E-state index contributed by atoms with van der Waals surface area (Å²) in [6.07, 6.45) is 4.58. The topological polar surface area (TPSA) is 92.8 Å². The van der Waals surface area contributed by atoms with Crippen molar-refractivity contribution >= 4 is 29.4 Å². The second-order valence-electron chi connectivity index (χ2n) is 7.81. The summed E-state index contributed by atoms with van der Waals surface area (Å²) in [7, 11) is 0. The van der Waals surface area contributed by atoms with Gasteiger partial charge in [0.25, 0.3) is 0 Å². The van der Waals surface area contributed by atoms with Crippen molar-refractivity contribution in [2.75, 3.05) is 11.9 Å². The second-order valence-corrected chi connectivity index (χ2v) is 7.81. The predicted octanol–water partition coefficient (Wildman–Crippen LogP) is 2.00. The van der Waals surface area contributed by atoms with Gasteiger partial charge in [-0.15, -0.1) is 0 Å². The number of ether oxygens (including phenoxy) is 1. The highest BCUT2D eigenvalue weighted by Crippen LogP contribution is 2.52. The average Bonchev–Trinajstić information content (AvgIpc) is 3.31. The fraction of sp³-hybridized carbons (Fsp3) is 0.429. The van der Waals surface area contributed by atoms with E-state index in [-0.39, 0.29) is 53.7 Å². The van der Waals surface area contributed by atoms with Crippen LogP contribution in [0.15, 0.2) is 36.4 Å². The molecule has 2 bridgehead atoms. The molecular weight excluding hydrogens is 360 g/mol. The number of carbonyl (C=O) groups excluding carboxylic acids is 4. The number of esters is 1. The number of hydrogen-bond donors (Lipinski definition) is 1. The van der Waals surface area contributed by atoms with Crippen LogP contribution in [0.1, 0.15) is 30.6 Å². The van der Waals surface area contributed by atoms with Gasteiger partial charge in [-0.2, -0.15) is 0 Å². The lowest BCUT2D eigenvalue weighted by Crippen LogP contribution is -2.39. The largest absolute Gasteiger partial charge is 0.459 e. The molecular formula is C21H22N2O5. The van der Waals surface area contributed by atoms with Gasteiger partial charge < -0.3 is 10.1 Å². The van der Waals surface area contributed by atoms with Gasteiger partial charge >= 0.3 is 5.97 Å². The minimum Gasteiger partial charge on any atom is -0.459 e. The first kappa shape index (κ1) is 18.4. The van der Waals surface area contributed by atoms with Crippen molar-refractivity contribution in [3.8, 4) is 0 Å². The summed E-state index contributed by atoms with van der Waals surface area (Å²) >= 11 is 0. The molecule has 1 aromatic rings. The number of anilines is 1. The Labute approximate surface area is 162 Å². The Morgan fingerprint density at radius 2 is 1.71 bits per heavy atom. The zero-order valence-electron chi connectivity index (χ0n) is 15.8. The van der Waals surface area contributed by atoms with Gasteiger partial charge in [-0.1, -0.05) is 24.3 Å². The average molecular weight is 382 g/mol. The lowest BCUT2D eigenvalue weighted by Gasteiger charge is -2.17. The molecule has 0 spiro atoms. The van der Waals surface area contributed by atoms with Gasteiger partial charge in [-0.25, -0.2) is 4.79 Å². The quantitative estimate of drug-likeness (QED) is 0.478. The number of allylic oxidation sites excluding steroid dienone is 2. The van der Waals surface area contributed by atoms with Gasteiger partial charge in [-0.3, -0.25) is 19.3 Å². The van der Waals surface area contributed by atoms with Crippen LogP contribution in [-0.2, 0) is 19.1 Å². The van der Waals surface area contributed by atoms with E-state index in [4.69, 9.17) is 4.74 Å². The van der Waals surface area contributed by atoms with E-state index >= 15 is 0 Å². The maximum atomic E-state index is 12.7. The summed E-state index contributed by atoms with van der Waals surface area (Å²) in [6, 6.07) is 6.49. The minimum atomic E-state index is -0.545. The summed E-state index contributed by atoms with van der Waals surface area (Å²) in [5.41, 5.74) is 0.516. The first-order valence-electron chi connectivity index (χ1n) is 9.50. The summed E-state index contributed by atoms with van der Waals surface area (Å²) in [5, 5.41) is 2.63. The van der Waals surface area contributed by atoms with Crippen molar-refractivity contribution < 1.29 is 23.9 Å². The molecule has 28 heavy (non-hydrogen) atoms. The van der Waals surface area contributed by atoms with E-state index in [1.165, 1.54) is 0 Å². The molecule has 4 rings (SSSR count). The van der Waals surface area contributed by atoms with Crippen molar-refractivity contribution in [2.45, 2.75) is 26.4 Å². The molecule has 1 aromatic carbocycles. The Hall–Kier alpha value is -2.96. The van der Waals surface area contributed by atoms with Gasteiger partial charge in [0.2, 0.25) is 17.7 Å². The fourth-order valence-electron chi connectivity index (χ4n) is 4.50. The molecule has 1 heterocycles. The summed E-state index contributed by atoms with van der Waals surface area (Å²) in [4.78, 5) is 51.2. The minimum absolute atomic E-state index is 0.103. The number of nitrogens with one attached hydrogen (secondary N) is 1.